The molecule has 3 heterocycles. The molecule has 0 radical (unpaired) electrons. The average Bonchev–Trinajstić information content (AvgIpc) is 3.15. The van der Waals surface area contributed by atoms with Gasteiger partial charge in [-0.2, -0.15) is 0 Å². The van der Waals surface area contributed by atoms with Gasteiger partial charge in [-0.1, -0.05) is 12.1 Å². The number of aromatic nitrogens is 2. The number of ether oxygens (including phenoxy) is 1. The van der Waals surface area contributed by atoms with Crippen molar-refractivity contribution >= 4 is 33.8 Å². The van der Waals surface area contributed by atoms with E-state index in [1.54, 1.807) is 23.1 Å². The Labute approximate surface area is 141 Å². The SMILES string of the molecule is NC(=O)C1CN(C(=O)Cc2cn3ccsc3n2)c2ccccc2O1. The van der Waals surface area contributed by atoms with Crippen LogP contribution >= 0.6 is 11.3 Å². The lowest BCUT2D eigenvalue weighted by molar-refractivity contribution is -0.125. The molecular formula is C16H14N4O3S. The van der Waals surface area contributed by atoms with Crippen LogP contribution in [0.4, 0.5) is 5.69 Å². The van der Waals surface area contributed by atoms with Gasteiger partial charge in [-0.15, -0.1) is 11.3 Å². The van der Waals surface area contributed by atoms with Crippen LogP contribution in [0.3, 0.4) is 0 Å². The molecule has 1 unspecified atom stereocenters. The zero-order valence-electron chi connectivity index (χ0n) is 12.6. The number of anilines is 1. The second kappa shape index (κ2) is 5.64. The van der Waals surface area contributed by atoms with Gasteiger partial charge < -0.3 is 15.4 Å². The van der Waals surface area contributed by atoms with Crippen LogP contribution in [0.25, 0.3) is 4.96 Å². The van der Waals surface area contributed by atoms with Gasteiger partial charge in [-0.05, 0) is 12.1 Å². The lowest BCUT2D eigenvalue weighted by Crippen LogP contribution is -2.49. The molecule has 0 fully saturated rings. The van der Waals surface area contributed by atoms with Crippen molar-refractivity contribution in [2.24, 2.45) is 5.73 Å². The highest BCUT2D eigenvalue weighted by Gasteiger charge is 2.32. The number of hydrogen-bond donors (Lipinski definition) is 1. The summed E-state index contributed by atoms with van der Waals surface area (Å²) in [6.45, 7) is 0.105. The van der Waals surface area contributed by atoms with Crippen LogP contribution in [-0.2, 0) is 16.0 Å². The molecule has 1 aliphatic heterocycles. The van der Waals surface area contributed by atoms with Crippen molar-refractivity contribution < 1.29 is 14.3 Å². The fourth-order valence-corrected chi connectivity index (χ4v) is 3.45. The van der Waals surface area contributed by atoms with Crippen molar-refractivity contribution in [3.63, 3.8) is 0 Å². The summed E-state index contributed by atoms with van der Waals surface area (Å²) >= 11 is 1.51. The van der Waals surface area contributed by atoms with Crippen LogP contribution in [0, 0.1) is 0 Å². The van der Waals surface area contributed by atoms with Gasteiger partial charge in [-0.25, -0.2) is 4.98 Å². The van der Waals surface area contributed by atoms with Gasteiger partial charge in [0.15, 0.2) is 11.1 Å². The van der Waals surface area contributed by atoms with E-state index in [1.807, 2.05) is 28.2 Å². The first kappa shape index (κ1) is 14.7. The number of fused-ring (bicyclic) bond motifs is 2. The molecule has 24 heavy (non-hydrogen) atoms. The molecule has 3 aromatic rings. The zero-order valence-corrected chi connectivity index (χ0v) is 13.4. The molecule has 122 valence electrons. The number of thiazole rings is 1. The monoisotopic (exact) mass is 342 g/mol. The highest BCUT2D eigenvalue weighted by atomic mass is 32.1. The van der Waals surface area contributed by atoms with Gasteiger partial charge in [0, 0.05) is 17.8 Å². The quantitative estimate of drug-likeness (QED) is 0.775. The topological polar surface area (TPSA) is 89.9 Å². The number of hydrogen-bond acceptors (Lipinski definition) is 5. The first-order chi connectivity index (χ1) is 11.6. The van der Waals surface area contributed by atoms with E-state index < -0.39 is 12.0 Å². The van der Waals surface area contributed by atoms with Gasteiger partial charge in [0.1, 0.15) is 5.75 Å². The second-order valence-corrected chi connectivity index (χ2v) is 6.36. The van der Waals surface area contributed by atoms with E-state index in [-0.39, 0.29) is 18.9 Å². The number of nitrogens with zero attached hydrogens (tertiary/aromatic N) is 3. The number of amides is 2. The summed E-state index contributed by atoms with van der Waals surface area (Å²) in [6.07, 6.45) is 3.03. The minimum absolute atomic E-state index is 0.105. The number of carbonyl (C=O) groups excluding carboxylic acids is 2. The van der Waals surface area contributed by atoms with E-state index >= 15 is 0 Å². The summed E-state index contributed by atoms with van der Waals surface area (Å²) in [4.78, 5) is 31.1. The van der Waals surface area contributed by atoms with Crippen molar-refractivity contribution in [3.8, 4) is 5.75 Å². The van der Waals surface area contributed by atoms with Crippen LogP contribution in [0.5, 0.6) is 5.75 Å². The minimum atomic E-state index is -0.852. The normalized spacial score (nSPS) is 16.7. The van der Waals surface area contributed by atoms with Crippen LogP contribution in [0.1, 0.15) is 5.69 Å². The average molecular weight is 342 g/mol. The standard InChI is InChI=1S/C16H14N4O3S/c17-15(22)13-9-20(11-3-1-2-4-12(11)23-13)14(21)7-10-8-19-5-6-24-16(19)18-10/h1-6,8,13H,7,9H2,(H2,17,22). The zero-order chi connectivity index (χ0) is 16.7. The Kier molecular flexibility index (Phi) is 3.46. The van der Waals surface area contributed by atoms with Crippen molar-refractivity contribution in [3.05, 3.63) is 47.7 Å². The van der Waals surface area contributed by atoms with Gasteiger partial charge in [0.25, 0.3) is 5.91 Å². The van der Waals surface area contributed by atoms with Crippen LogP contribution < -0.4 is 15.4 Å². The van der Waals surface area contributed by atoms with Crippen molar-refractivity contribution in [2.75, 3.05) is 11.4 Å². The Hall–Kier alpha value is -2.87. The number of imidazole rings is 1. The molecule has 1 aliphatic rings. The second-order valence-electron chi connectivity index (χ2n) is 5.48. The maximum Gasteiger partial charge on any atom is 0.260 e. The third kappa shape index (κ3) is 2.50. The third-order valence-electron chi connectivity index (χ3n) is 3.87. The van der Waals surface area contributed by atoms with Crippen molar-refractivity contribution in [1.29, 1.82) is 0 Å². The molecule has 0 saturated heterocycles. The summed E-state index contributed by atoms with van der Waals surface area (Å²) in [5.41, 5.74) is 6.69. The van der Waals surface area contributed by atoms with Crippen molar-refractivity contribution in [2.45, 2.75) is 12.5 Å². The van der Waals surface area contributed by atoms with Gasteiger partial charge in [0.05, 0.1) is 24.3 Å². The van der Waals surface area contributed by atoms with Crippen LogP contribution in [0.2, 0.25) is 0 Å². The Morgan fingerprint density at radius 1 is 1.38 bits per heavy atom. The van der Waals surface area contributed by atoms with E-state index in [4.69, 9.17) is 10.5 Å². The van der Waals surface area contributed by atoms with Gasteiger partial charge >= 0.3 is 0 Å². The smallest absolute Gasteiger partial charge is 0.260 e. The molecule has 1 atom stereocenters. The number of nitrogens with two attached hydrogens (primary N) is 1. The fourth-order valence-electron chi connectivity index (χ4n) is 2.73. The molecule has 7 nitrogen and oxygen atoms in total. The molecule has 2 N–H and O–H groups in total. The molecule has 8 heteroatoms. The van der Waals surface area contributed by atoms with E-state index in [9.17, 15) is 9.59 Å². The third-order valence-corrected chi connectivity index (χ3v) is 4.64. The molecule has 0 spiro atoms. The predicted octanol–water partition coefficient (Wildman–Crippen LogP) is 1.22. The van der Waals surface area contributed by atoms with Gasteiger partial charge in [-0.3, -0.25) is 14.0 Å². The first-order valence-electron chi connectivity index (χ1n) is 7.38. The number of benzene rings is 1. The number of carbonyl (C=O) groups is 2. The molecule has 4 rings (SSSR count). The van der Waals surface area contributed by atoms with Crippen LogP contribution in [-0.4, -0.2) is 33.8 Å². The summed E-state index contributed by atoms with van der Waals surface area (Å²) in [7, 11) is 0. The van der Waals surface area contributed by atoms with Crippen molar-refractivity contribution in [1.82, 2.24) is 9.38 Å². The summed E-state index contributed by atoms with van der Waals surface area (Å²) in [6, 6.07) is 7.11. The number of rotatable bonds is 3. The lowest BCUT2D eigenvalue weighted by Gasteiger charge is -2.33. The Bertz CT molecular complexity index is 904. The molecule has 1 aromatic carbocycles. The summed E-state index contributed by atoms with van der Waals surface area (Å²) < 4.78 is 7.45. The van der Waals surface area contributed by atoms with E-state index in [1.165, 1.54) is 11.3 Å². The van der Waals surface area contributed by atoms with Gasteiger partial charge in [0.2, 0.25) is 5.91 Å². The molecule has 0 bridgehead atoms. The fraction of sp³-hybridized carbons (Fsp3) is 0.188. The Morgan fingerprint density at radius 3 is 3.00 bits per heavy atom. The first-order valence-corrected chi connectivity index (χ1v) is 8.26. The van der Waals surface area contributed by atoms with E-state index in [0.717, 1.165) is 4.96 Å². The summed E-state index contributed by atoms with van der Waals surface area (Å²) in [5.74, 6) is -0.265. The lowest BCUT2D eigenvalue weighted by atomic mass is 10.1. The van der Waals surface area contributed by atoms with Crippen LogP contribution in [0.15, 0.2) is 42.0 Å². The largest absolute Gasteiger partial charge is 0.477 e. The Morgan fingerprint density at radius 2 is 2.21 bits per heavy atom. The highest BCUT2D eigenvalue weighted by Crippen LogP contribution is 2.33. The van der Waals surface area contributed by atoms with E-state index in [0.29, 0.717) is 17.1 Å². The highest BCUT2D eigenvalue weighted by molar-refractivity contribution is 7.15. The maximum atomic E-state index is 12.8. The maximum absolute atomic E-state index is 12.8. The molecular weight excluding hydrogens is 328 g/mol. The molecule has 2 amide bonds. The minimum Gasteiger partial charge on any atom is -0.477 e. The molecule has 0 saturated carbocycles. The number of primary amides is 1. The predicted molar refractivity (Wildman–Crippen MR) is 89.2 cm³/mol. The van der Waals surface area contributed by atoms with E-state index in [2.05, 4.69) is 4.98 Å². The Balaban J connectivity index is 1.62. The summed E-state index contributed by atoms with van der Waals surface area (Å²) in [5, 5.41) is 1.93. The molecule has 2 aromatic heterocycles. The molecule has 0 aliphatic carbocycles. The number of para-hydroxylation sites is 2.